The fraction of sp³-hybridized carbons (Fsp3) is 0.167. The smallest absolute Gasteiger partial charge is 0.253 e. The normalized spacial score (nSPS) is 11.9. The molecule has 0 radical (unpaired) electrons. The molecule has 0 saturated heterocycles. The van der Waals surface area contributed by atoms with Gasteiger partial charge in [0, 0.05) is 16.8 Å². The second kappa shape index (κ2) is 8.70. The van der Waals surface area contributed by atoms with Crippen molar-refractivity contribution in [2.45, 2.75) is 13.3 Å². The van der Waals surface area contributed by atoms with Crippen LogP contribution in [-0.2, 0) is 4.79 Å². The van der Waals surface area contributed by atoms with E-state index in [0.29, 0.717) is 23.2 Å². The first-order chi connectivity index (χ1) is 11.5. The Morgan fingerprint density at radius 1 is 1.29 bits per heavy atom. The molecule has 2 nitrogen and oxygen atoms in total. The topological polar surface area (TPSA) is 29.1 Å². The van der Waals surface area contributed by atoms with Gasteiger partial charge in [-0.05, 0) is 52.4 Å². The number of para-hydroxylation sites is 1. The van der Waals surface area contributed by atoms with E-state index in [0.717, 1.165) is 9.38 Å². The summed E-state index contributed by atoms with van der Waals surface area (Å²) in [6.45, 7) is 1.92. The van der Waals surface area contributed by atoms with E-state index in [1.807, 2.05) is 31.4 Å². The van der Waals surface area contributed by atoms with Gasteiger partial charge in [-0.3, -0.25) is 4.79 Å². The van der Waals surface area contributed by atoms with Crippen LogP contribution in [0.25, 0.3) is 11.1 Å². The number of anilines is 1. The van der Waals surface area contributed by atoms with Crippen molar-refractivity contribution < 1.29 is 9.18 Å². The molecule has 0 saturated carbocycles. The van der Waals surface area contributed by atoms with Crippen LogP contribution < -0.4 is 5.32 Å². The Bertz CT molecular complexity index is 794. The van der Waals surface area contributed by atoms with E-state index in [-0.39, 0.29) is 10.9 Å². The van der Waals surface area contributed by atoms with E-state index >= 15 is 0 Å². The third-order valence-corrected chi connectivity index (χ3v) is 5.81. The molecule has 1 N–H and O–H groups in total. The van der Waals surface area contributed by atoms with Crippen molar-refractivity contribution in [1.29, 1.82) is 0 Å². The highest BCUT2D eigenvalue weighted by molar-refractivity contribution is 9.14. The van der Waals surface area contributed by atoms with Gasteiger partial charge in [-0.2, -0.15) is 0 Å². The van der Waals surface area contributed by atoms with Crippen molar-refractivity contribution in [3.8, 4) is 11.1 Å². The predicted molar refractivity (Wildman–Crippen MR) is 105 cm³/mol. The molecule has 0 heterocycles. The summed E-state index contributed by atoms with van der Waals surface area (Å²) in [7, 11) is 0. The zero-order valence-electron chi connectivity index (χ0n) is 13.2. The van der Waals surface area contributed by atoms with Crippen molar-refractivity contribution >= 4 is 50.9 Å². The summed E-state index contributed by atoms with van der Waals surface area (Å²) in [5.41, 5.74) is 2.67. The molecule has 0 spiro atoms. The van der Waals surface area contributed by atoms with Crippen molar-refractivity contribution in [3.05, 3.63) is 62.7 Å². The largest absolute Gasteiger partial charge is 0.322 e. The summed E-state index contributed by atoms with van der Waals surface area (Å²) in [6, 6.07) is 11.9. The van der Waals surface area contributed by atoms with Crippen LogP contribution in [0.3, 0.4) is 0 Å². The second-order valence-electron chi connectivity index (χ2n) is 4.94. The summed E-state index contributed by atoms with van der Waals surface area (Å²) >= 11 is 10.6. The first-order valence-electron chi connectivity index (χ1n) is 7.26. The van der Waals surface area contributed by atoms with Crippen LogP contribution in [-0.4, -0.2) is 12.2 Å². The van der Waals surface area contributed by atoms with Gasteiger partial charge in [-0.1, -0.05) is 42.8 Å². The van der Waals surface area contributed by atoms with Gasteiger partial charge in [0.2, 0.25) is 0 Å². The molecule has 0 aromatic heterocycles. The molecule has 0 unspecified atom stereocenters. The molecule has 1 amide bonds. The van der Waals surface area contributed by atoms with Crippen molar-refractivity contribution in [1.82, 2.24) is 0 Å². The van der Waals surface area contributed by atoms with Crippen molar-refractivity contribution in [2.75, 3.05) is 11.6 Å². The van der Waals surface area contributed by atoms with Gasteiger partial charge >= 0.3 is 0 Å². The van der Waals surface area contributed by atoms with Crippen molar-refractivity contribution in [2.24, 2.45) is 0 Å². The lowest BCUT2D eigenvalue weighted by Gasteiger charge is -2.13. The average Bonchev–Trinajstić information content (AvgIpc) is 2.58. The fourth-order valence-electron chi connectivity index (χ4n) is 2.22. The molecule has 0 aliphatic heterocycles. The number of benzene rings is 2. The van der Waals surface area contributed by atoms with Crippen LogP contribution in [0, 0.1) is 5.82 Å². The monoisotopic (exact) mass is 427 g/mol. The lowest BCUT2D eigenvalue weighted by molar-refractivity contribution is -0.112. The molecular formula is C18H16BrClFNOS. The summed E-state index contributed by atoms with van der Waals surface area (Å²) in [6.07, 6.45) is 2.50. The SMILES string of the molecule is CC/C(C(=O)Nc1ccccc1-c1ccc(Cl)c(F)c1)=C(/Br)SC. The molecule has 24 heavy (non-hydrogen) atoms. The molecule has 0 fully saturated rings. The number of halogens is 3. The van der Waals surface area contributed by atoms with Crippen LogP contribution in [0.4, 0.5) is 10.1 Å². The Hall–Kier alpha value is -1.30. The van der Waals surface area contributed by atoms with Gasteiger partial charge in [-0.25, -0.2) is 4.39 Å². The molecule has 0 atom stereocenters. The zero-order valence-corrected chi connectivity index (χ0v) is 16.4. The Labute approximate surface area is 158 Å². The van der Waals surface area contributed by atoms with Crippen LogP contribution in [0.1, 0.15) is 13.3 Å². The molecule has 0 bridgehead atoms. The van der Waals surface area contributed by atoms with Crippen LogP contribution >= 0.6 is 39.3 Å². The van der Waals surface area contributed by atoms with Crippen LogP contribution in [0.5, 0.6) is 0 Å². The molecule has 2 rings (SSSR count). The minimum Gasteiger partial charge on any atom is -0.322 e. The predicted octanol–water partition coefficient (Wildman–Crippen LogP) is 6.46. The maximum Gasteiger partial charge on any atom is 0.253 e. The van der Waals surface area contributed by atoms with E-state index in [4.69, 9.17) is 11.6 Å². The Balaban J connectivity index is 2.39. The summed E-state index contributed by atoms with van der Waals surface area (Å²) in [5, 5.41) is 2.98. The average molecular weight is 429 g/mol. The van der Waals surface area contributed by atoms with Gasteiger partial charge in [0.1, 0.15) is 5.82 Å². The third kappa shape index (κ3) is 4.41. The zero-order chi connectivity index (χ0) is 17.7. The highest BCUT2D eigenvalue weighted by Crippen LogP contribution is 2.32. The standard InChI is InChI=1S/C18H16BrClFNOS/c1-3-12(17(19)24-2)18(23)22-16-7-5-4-6-13(16)11-8-9-14(20)15(21)10-11/h4-10H,3H2,1-2H3,(H,22,23)/b17-12+. The number of carbonyl (C=O) groups is 1. The quantitative estimate of drug-likeness (QED) is 0.553. The number of nitrogens with one attached hydrogen (secondary N) is 1. The van der Waals surface area contributed by atoms with Gasteiger partial charge in [0.05, 0.1) is 8.84 Å². The first kappa shape index (κ1) is 19.0. The van der Waals surface area contributed by atoms with Gasteiger partial charge in [0.15, 0.2) is 0 Å². The minimum absolute atomic E-state index is 0.0698. The number of hydrogen-bond donors (Lipinski definition) is 1. The molecule has 2 aromatic carbocycles. The maximum absolute atomic E-state index is 13.8. The number of carbonyl (C=O) groups excluding carboxylic acids is 1. The Kier molecular flexibility index (Phi) is 6.90. The van der Waals surface area contributed by atoms with Crippen LogP contribution in [0.2, 0.25) is 5.02 Å². The molecule has 2 aromatic rings. The highest BCUT2D eigenvalue weighted by Gasteiger charge is 2.15. The van der Waals surface area contributed by atoms with E-state index in [2.05, 4.69) is 21.2 Å². The van der Waals surface area contributed by atoms with E-state index in [1.54, 1.807) is 12.1 Å². The molecule has 0 aliphatic rings. The fourth-order valence-corrected chi connectivity index (χ4v) is 3.28. The van der Waals surface area contributed by atoms with Crippen molar-refractivity contribution in [3.63, 3.8) is 0 Å². The lowest BCUT2D eigenvalue weighted by atomic mass is 10.0. The van der Waals surface area contributed by atoms with E-state index < -0.39 is 5.82 Å². The molecular weight excluding hydrogens is 413 g/mol. The van der Waals surface area contributed by atoms with Gasteiger partial charge in [-0.15, -0.1) is 11.8 Å². The Morgan fingerprint density at radius 3 is 2.62 bits per heavy atom. The number of amides is 1. The summed E-state index contributed by atoms with van der Waals surface area (Å²) in [5.74, 6) is -0.671. The highest BCUT2D eigenvalue weighted by atomic mass is 79.9. The number of hydrogen-bond acceptors (Lipinski definition) is 2. The Morgan fingerprint density at radius 2 is 2.00 bits per heavy atom. The van der Waals surface area contributed by atoms with E-state index in [9.17, 15) is 9.18 Å². The molecule has 0 aliphatic carbocycles. The maximum atomic E-state index is 13.8. The second-order valence-corrected chi connectivity index (χ2v) is 7.48. The van der Waals surface area contributed by atoms with Gasteiger partial charge in [0.25, 0.3) is 5.91 Å². The van der Waals surface area contributed by atoms with Gasteiger partial charge < -0.3 is 5.32 Å². The molecule has 126 valence electrons. The minimum atomic E-state index is -0.491. The third-order valence-electron chi connectivity index (χ3n) is 3.45. The summed E-state index contributed by atoms with van der Waals surface area (Å²) in [4.78, 5) is 12.5. The lowest BCUT2D eigenvalue weighted by Crippen LogP contribution is -2.15. The van der Waals surface area contributed by atoms with Crippen LogP contribution in [0.15, 0.2) is 51.9 Å². The number of rotatable bonds is 5. The number of thioether (sulfide) groups is 1. The van der Waals surface area contributed by atoms with E-state index in [1.165, 1.54) is 23.9 Å². The molecule has 6 heteroatoms. The first-order valence-corrected chi connectivity index (χ1v) is 9.66. The summed E-state index contributed by atoms with van der Waals surface area (Å²) < 4.78 is 14.6.